The first-order valence-corrected chi connectivity index (χ1v) is 9.35. The Hall–Kier alpha value is -1.95. The molecule has 1 amide bonds. The minimum Gasteiger partial charge on any atom is -0.495 e. The van der Waals surface area contributed by atoms with Crippen molar-refractivity contribution in [1.29, 1.82) is 0 Å². The molecule has 2 N–H and O–H groups in total. The topological polar surface area (TPSA) is 56.8 Å². The van der Waals surface area contributed by atoms with Crippen molar-refractivity contribution in [2.75, 3.05) is 57.1 Å². The highest BCUT2D eigenvalue weighted by molar-refractivity contribution is 5.86. The third kappa shape index (κ3) is 4.18. The molecule has 0 aliphatic carbocycles. The van der Waals surface area contributed by atoms with Gasteiger partial charge in [-0.2, -0.15) is 0 Å². The molecule has 2 aliphatic heterocycles. The van der Waals surface area contributed by atoms with Gasteiger partial charge < -0.3 is 25.2 Å². The third-order valence-electron chi connectivity index (χ3n) is 5.27. The number of methoxy groups -OCH3 is 1. The van der Waals surface area contributed by atoms with E-state index < -0.39 is 0 Å². The summed E-state index contributed by atoms with van der Waals surface area (Å²) in [5.74, 6) is 0.952. The second-order valence-electron chi connectivity index (χ2n) is 6.83. The van der Waals surface area contributed by atoms with Gasteiger partial charge in [0, 0.05) is 38.4 Å². The fraction of sp³-hybridized carbons (Fsp3) is 0.632. The first-order chi connectivity index (χ1) is 12.2. The van der Waals surface area contributed by atoms with Gasteiger partial charge in [-0.15, -0.1) is 0 Å². The molecule has 6 heteroatoms. The molecule has 1 aromatic carbocycles. The molecule has 2 fully saturated rings. The van der Waals surface area contributed by atoms with Gasteiger partial charge in [-0.05, 0) is 50.9 Å². The van der Waals surface area contributed by atoms with E-state index in [1.165, 1.54) is 25.9 Å². The molecule has 0 aromatic heterocycles. The minimum absolute atomic E-state index is 0.0799. The summed E-state index contributed by atoms with van der Waals surface area (Å²) < 4.78 is 5.46. The predicted molar refractivity (Wildman–Crippen MR) is 102 cm³/mol. The minimum atomic E-state index is -0.0799. The van der Waals surface area contributed by atoms with Crippen LogP contribution in [0.3, 0.4) is 0 Å². The molecular weight excluding hydrogens is 316 g/mol. The molecular formula is C19H30N4O2. The van der Waals surface area contributed by atoms with Crippen LogP contribution in [0.4, 0.5) is 11.4 Å². The Balaban J connectivity index is 1.60. The second-order valence-corrected chi connectivity index (χ2v) is 6.83. The molecule has 1 aromatic rings. The monoisotopic (exact) mass is 346 g/mol. The Morgan fingerprint density at radius 3 is 2.76 bits per heavy atom. The van der Waals surface area contributed by atoms with Gasteiger partial charge in [-0.25, -0.2) is 0 Å². The van der Waals surface area contributed by atoms with Crippen LogP contribution in [-0.2, 0) is 4.79 Å². The average molecular weight is 346 g/mol. The summed E-state index contributed by atoms with van der Waals surface area (Å²) >= 11 is 0. The SMILES string of the molecule is CNc1ccc(N2CCC[C@H]2C(=O)NCCN2CCCC2)cc1OC. The number of benzene rings is 1. The summed E-state index contributed by atoms with van der Waals surface area (Å²) in [6, 6.07) is 6.00. The second kappa shape index (κ2) is 8.43. The zero-order chi connectivity index (χ0) is 17.6. The van der Waals surface area contributed by atoms with Crippen LogP contribution in [0, 0.1) is 0 Å². The summed E-state index contributed by atoms with van der Waals surface area (Å²) in [5.41, 5.74) is 2.00. The number of carbonyl (C=O) groups excluding carboxylic acids is 1. The molecule has 138 valence electrons. The molecule has 0 radical (unpaired) electrons. The van der Waals surface area contributed by atoms with Crippen molar-refractivity contribution in [3.8, 4) is 5.75 Å². The van der Waals surface area contributed by atoms with Crippen molar-refractivity contribution in [2.45, 2.75) is 31.7 Å². The van der Waals surface area contributed by atoms with E-state index in [0.717, 1.165) is 49.6 Å². The number of likely N-dealkylation sites (tertiary alicyclic amines) is 1. The summed E-state index contributed by atoms with van der Waals surface area (Å²) in [6.07, 6.45) is 4.52. The van der Waals surface area contributed by atoms with Crippen molar-refractivity contribution >= 4 is 17.3 Å². The smallest absolute Gasteiger partial charge is 0.242 e. The lowest BCUT2D eigenvalue weighted by atomic mass is 10.1. The first kappa shape index (κ1) is 17.9. The lowest BCUT2D eigenvalue weighted by Gasteiger charge is -2.27. The number of amides is 1. The zero-order valence-electron chi connectivity index (χ0n) is 15.4. The van der Waals surface area contributed by atoms with E-state index >= 15 is 0 Å². The van der Waals surface area contributed by atoms with Gasteiger partial charge >= 0.3 is 0 Å². The third-order valence-corrected chi connectivity index (χ3v) is 5.27. The van der Waals surface area contributed by atoms with Crippen LogP contribution in [0.2, 0.25) is 0 Å². The maximum absolute atomic E-state index is 12.7. The van der Waals surface area contributed by atoms with E-state index in [4.69, 9.17) is 4.74 Å². The maximum atomic E-state index is 12.7. The van der Waals surface area contributed by atoms with Gasteiger partial charge in [0.2, 0.25) is 5.91 Å². The summed E-state index contributed by atoms with van der Waals surface area (Å²) in [7, 11) is 3.55. The normalized spacial score (nSPS) is 20.7. The van der Waals surface area contributed by atoms with Gasteiger partial charge in [0.1, 0.15) is 11.8 Å². The van der Waals surface area contributed by atoms with Crippen molar-refractivity contribution in [3.05, 3.63) is 18.2 Å². The van der Waals surface area contributed by atoms with Gasteiger partial charge in [-0.1, -0.05) is 0 Å². The highest BCUT2D eigenvalue weighted by Crippen LogP contribution is 2.33. The molecule has 3 rings (SSSR count). The van der Waals surface area contributed by atoms with E-state index in [-0.39, 0.29) is 11.9 Å². The molecule has 2 aliphatic rings. The number of carbonyl (C=O) groups is 1. The van der Waals surface area contributed by atoms with E-state index in [1.807, 2.05) is 19.2 Å². The quantitative estimate of drug-likeness (QED) is 0.790. The number of ether oxygens (including phenoxy) is 1. The number of hydrogen-bond acceptors (Lipinski definition) is 5. The van der Waals surface area contributed by atoms with E-state index in [2.05, 4.69) is 26.5 Å². The highest BCUT2D eigenvalue weighted by Gasteiger charge is 2.31. The zero-order valence-corrected chi connectivity index (χ0v) is 15.4. The highest BCUT2D eigenvalue weighted by atomic mass is 16.5. The molecule has 0 unspecified atom stereocenters. The Morgan fingerprint density at radius 1 is 1.24 bits per heavy atom. The Morgan fingerprint density at radius 2 is 2.04 bits per heavy atom. The average Bonchev–Trinajstić information content (AvgIpc) is 3.32. The van der Waals surface area contributed by atoms with Crippen molar-refractivity contribution in [3.63, 3.8) is 0 Å². The van der Waals surface area contributed by atoms with E-state index in [1.54, 1.807) is 7.11 Å². The number of nitrogens with zero attached hydrogens (tertiary/aromatic N) is 2. The number of nitrogens with one attached hydrogen (secondary N) is 2. The lowest BCUT2D eigenvalue weighted by Crippen LogP contribution is -2.45. The van der Waals surface area contributed by atoms with Crippen molar-refractivity contribution in [2.24, 2.45) is 0 Å². The fourth-order valence-electron chi connectivity index (χ4n) is 3.87. The summed E-state index contributed by atoms with van der Waals surface area (Å²) in [5, 5.41) is 6.26. The Bertz CT molecular complexity index is 587. The standard InChI is InChI=1S/C19H30N4O2/c1-20-16-8-7-15(14-18(16)25-2)23-12-5-6-17(23)19(24)21-9-13-22-10-3-4-11-22/h7-8,14,17,20H,3-6,9-13H2,1-2H3,(H,21,24)/t17-/m0/s1. The summed E-state index contributed by atoms with van der Waals surface area (Å²) in [6.45, 7) is 4.95. The molecule has 0 saturated carbocycles. The maximum Gasteiger partial charge on any atom is 0.242 e. The number of anilines is 2. The Labute approximate surface area is 150 Å². The van der Waals surface area contributed by atoms with Crippen LogP contribution in [0.15, 0.2) is 18.2 Å². The molecule has 6 nitrogen and oxygen atoms in total. The molecule has 0 spiro atoms. The molecule has 1 atom stereocenters. The van der Waals surface area contributed by atoms with E-state index in [0.29, 0.717) is 0 Å². The lowest BCUT2D eigenvalue weighted by molar-refractivity contribution is -0.122. The Kier molecular flexibility index (Phi) is 6.02. The predicted octanol–water partition coefficient (Wildman–Crippen LogP) is 1.92. The molecule has 0 bridgehead atoms. The first-order valence-electron chi connectivity index (χ1n) is 9.35. The van der Waals surface area contributed by atoms with Crippen LogP contribution in [-0.4, -0.2) is 63.7 Å². The van der Waals surface area contributed by atoms with Crippen LogP contribution >= 0.6 is 0 Å². The summed E-state index contributed by atoms with van der Waals surface area (Å²) in [4.78, 5) is 17.3. The molecule has 2 heterocycles. The van der Waals surface area contributed by atoms with Crippen molar-refractivity contribution in [1.82, 2.24) is 10.2 Å². The largest absolute Gasteiger partial charge is 0.495 e. The van der Waals surface area contributed by atoms with Crippen LogP contribution in [0.1, 0.15) is 25.7 Å². The van der Waals surface area contributed by atoms with Crippen LogP contribution < -0.4 is 20.3 Å². The van der Waals surface area contributed by atoms with Crippen molar-refractivity contribution < 1.29 is 9.53 Å². The van der Waals surface area contributed by atoms with Crippen LogP contribution in [0.5, 0.6) is 5.75 Å². The number of rotatable bonds is 7. The van der Waals surface area contributed by atoms with Gasteiger partial charge in [0.05, 0.1) is 12.8 Å². The fourth-order valence-corrected chi connectivity index (χ4v) is 3.87. The van der Waals surface area contributed by atoms with Crippen LogP contribution in [0.25, 0.3) is 0 Å². The van der Waals surface area contributed by atoms with Gasteiger partial charge in [0.15, 0.2) is 0 Å². The molecule has 25 heavy (non-hydrogen) atoms. The number of hydrogen-bond donors (Lipinski definition) is 2. The molecule has 2 saturated heterocycles. The van der Waals surface area contributed by atoms with Gasteiger partial charge in [-0.3, -0.25) is 4.79 Å². The van der Waals surface area contributed by atoms with E-state index in [9.17, 15) is 4.79 Å². The van der Waals surface area contributed by atoms with Gasteiger partial charge in [0.25, 0.3) is 0 Å².